The van der Waals surface area contributed by atoms with Crippen LogP contribution >= 0.6 is 0 Å². The molecular formula is C17H23N3O2. The van der Waals surface area contributed by atoms with Crippen LogP contribution in [0.4, 0.5) is 0 Å². The molecule has 0 aliphatic carbocycles. The van der Waals surface area contributed by atoms with Crippen LogP contribution < -0.4 is 5.56 Å². The SMILES string of the molecule is CC1(CO)CCCN(CCn2cnc3ccccc3c2=O)C1. The van der Waals surface area contributed by atoms with Gasteiger partial charge in [0.1, 0.15) is 0 Å². The minimum Gasteiger partial charge on any atom is -0.396 e. The van der Waals surface area contributed by atoms with E-state index in [0.29, 0.717) is 11.9 Å². The fraction of sp³-hybridized carbons (Fsp3) is 0.529. The first-order valence-corrected chi connectivity index (χ1v) is 7.89. The van der Waals surface area contributed by atoms with E-state index < -0.39 is 0 Å². The van der Waals surface area contributed by atoms with Gasteiger partial charge in [0.15, 0.2) is 0 Å². The van der Waals surface area contributed by atoms with Gasteiger partial charge in [-0.05, 0) is 31.5 Å². The van der Waals surface area contributed by atoms with Crippen molar-refractivity contribution in [2.75, 3.05) is 26.2 Å². The van der Waals surface area contributed by atoms with Crippen molar-refractivity contribution in [1.82, 2.24) is 14.5 Å². The van der Waals surface area contributed by atoms with Gasteiger partial charge in [0.25, 0.3) is 5.56 Å². The van der Waals surface area contributed by atoms with Crippen LogP contribution in [-0.2, 0) is 6.54 Å². The molecule has 1 aromatic carbocycles. The smallest absolute Gasteiger partial charge is 0.261 e. The van der Waals surface area contributed by atoms with Gasteiger partial charge in [0, 0.05) is 31.7 Å². The highest BCUT2D eigenvalue weighted by molar-refractivity contribution is 5.76. The monoisotopic (exact) mass is 301 g/mol. The van der Waals surface area contributed by atoms with Gasteiger partial charge in [-0.2, -0.15) is 0 Å². The summed E-state index contributed by atoms with van der Waals surface area (Å²) in [5.74, 6) is 0. The molecule has 1 fully saturated rings. The summed E-state index contributed by atoms with van der Waals surface area (Å²) in [6, 6.07) is 7.44. The number of benzene rings is 1. The summed E-state index contributed by atoms with van der Waals surface area (Å²) in [6.45, 7) is 5.72. The lowest BCUT2D eigenvalue weighted by molar-refractivity contribution is 0.0450. The highest BCUT2D eigenvalue weighted by atomic mass is 16.3. The van der Waals surface area contributed by atoms with Crippen LogP contribution in [0.15, 0.2) is 35.4 Å². The molecule has 2 aromatic rings. The molecule has 5 nitrogen and oxygen atoms in total. The van der Waals surface area contributed by atoms with Crippen molar-refractivity contribution in [1.29, 1.82) is 0 Å². The van der Waals surface area contributed by atoms with Crippen molar-refractivity contribution in [3.05, 3.63) is 40.9 Å². The second-order valence-corrected chi connectivity index (χ2v) is 6.61. The molecule has 3 rings (SSSR count). The summed E-state index contributed by atoms with van der Waals surface area (Å²) in [5, 5.41) is 10.2. The Morgan fingerprint density at radius 3 is 2.95 bits per heavy atom. The molecule has 0 radical (unpaired) electrons. The van der Waals surface area contributed by atoms with E-state index in [9.17, 15) is 9.90 Å². The normalized spacial score (nSPS) is 23.0. The number of aliphatic hydroxyl groups excluding tert-OH is 1. The molecule has 1 atom stereocenters. The summed E-state index contributed by atoms with van der Waals surface area (Å²) < 4.78 is 1.69. The Morgan fingerprint density at radius 1 is 1.32 bits per heavy atom. The van der Waals surface area contributed by atoms with Gasteiger partial charge in [-0.1, -0.05) is 19.1 Å². The molecule has 1 N–H and O–H groups in total. The van der Waals surface area contributed by atoms with E-state index in [1.54, 1.807) is 10.9 Å². The van der Waals surface area contributed by atoms with E-state index >= 15 is 0 Å². The van der Waals surface area contributed by atoms with Gasteiger partial charge >= 0.3 is 0 Å². The number of piperidine rings is 1. The van der Waals surface area contributed by atoms with Gasteiger partial charge in [-0.3, -0.25) is 9.36 Å². The highest BCUT2D eigenvalue weighted by Gasteiger charge is 2.29. The molecule has 0 spiro atoms. The molecular weight excluding hydrogens is 278 g/mol. The van der Waals surface area contributed by atoms with Crippen LogP contribution in [0.3, 0.4) is 0 Å². The predicted molar refractivity (Wildman–Crippen MR) is 86.9 cm³/mol. The van der Waals surface area contributed by atoms with Gasteiger partial charge in [-0.25, -0.2) is 4.98 Å². The Kier molecular flexibility index (Phi) is 4.27. The van der Waals surface area contributed by atoms with Gasteiger partial charge < -0.3 is 10.0 Å². The van der Waals surface area contributed by atoms with E-state index in [0.717, 1.165) is 38.0 Å². The number of aromatic nitrogens is 2. The van der Waals surface area contributed by atoms with E-state index in [2.05, 4.69) is 16.8 Å². The van der Waals surface area contributed by atoms with Crippen LogP contribution in [0.25, 0.3) is 10.9 Å². The van der Waals surface area contributed by atoms with Crippen LogP contribution in [0.2, 0.25) is 0 Å². The Bertz CT molecular complexity index is 712. The third-order valence-corrected chi connectivity index (χ3v) is 4.63. The zero-order chi connectivity index (χ0) is 15.6. The first-order valence-electron chi connectivity index (χ1n) is 7.89. The number of para-hydroxylation sites is 1. The molecule has 0 bridgehead atoms. The summed E-state index contributed by atoms with van der Waals surface area (Å²) in [7, 11) is 0. The fourth-order valence-corrected chi connectivity index (χ4v) is 3.26. The second kappa shape index (κ2) is 6.18. The molecule has 22 heavy (non-hydrogen) atoms. The maximum Gasteiger partial charge on any atom is 0.261 e. The molecule has 1 aliphatic rings. The summed E-state index contributed by atoms with van der Waals surface area (Å²) in [4.78, 5) is 19.1. The zero-order valence-electron chi connectivity index (χ0n) is 13.0. The largest absolute Gasteiger partial charge is 0.396 e. The minimum absolute atomic E-state index is 0.00908. The third-order valence-electron chi connectivity index (χ3n) is 4.63. The molecule has 1 aliphatic heterocycles. The van der Waals surface area contributed by atoms with Gasteiger partial charge in [0.05, 0.1) is 17.2 Å². The predicted octanol–water partition coefficient (Wildman–Crippen LogP) is 1.49. The van der Waals surface area contributed by atoms with Crippen molar-refractivity contribution >= 4 is 10.9 Å². The Balaban J connectivity index is 1.72. The van der Waals surface area contributed by atoms with Crippen LogP contribution in [0.5, 0.6) is 0 Å². The summed E-state index contributed by atoms with van der Waals surface area (Å²) >= 11 is 0. The number of aliphatic hydroxyl groups is 1. The van der Waals surface area contributed by atoms with E-state index in [1.165, 1.54) is 0 Å². The Hall–Kier alpha value is -1.72. The zero-order valence-corrected chi connectivity index (χ0v) is 13.0. The number of nitrogens with zero attached hydrogens (tertiary/aromatic N) is 3. The first-order chi connectivity index (χ1) is 10.6. The van der Waals surface area contributed by atoms with E-state index in [1.807, 2.05) is 24.3 Å². The van der Waals surface area contributed by atoms with E-state index in [4.69, 9.17) is 0 Å². The second-order valence-electron chi connectivity index (χ2n) is 6.61. The molecule has 1 aromatic heterocycles. The maximum absolute atomic E-state index is 12.4. The quantitative estimate of drug-likeness (QED) is 0.929. The number of rotatable bonds is 4. The van der Waals surface area contributed by atoms with Gasteiger partial charge in [-0.15, -0.1) is 0 Å². The maximum atomic E-state index is 12.4. The lowest BCUT2D eigenvalue weighted by Gasteiger charge is -2.39. The van der Waals surface area contributed by atoms with Crippen molar-refractivity contribution in [3.63, 3.8) is 0 Å². The molecule has 0 amide bonds. The summed E-state index contributed by atoms with van der Waals surface area (Å²) in [5.41, 5.74) is 0.757. The van der Waals surface area contributed by atoms with Crippen LogP contribution in [0, 0.1) is 5.41 Å². The average Bonchev–Trinajstić information content (AvgIpc) is 2.55. The summed E-state index contributed by atoms with van der Waals surface area (Å²) in [6.07, 6.45) is 3.80. The van der Waals surface area contributed by atoms with E-state index in [-0.39, 0.29) is 17.6 Å². The lowest BCUT2D eigenvalue weighted by Crippen LogP contribution is -2.45. The Labute approximate surface area is 130 Å². The van der Waals surface area contributed by atoms with Crippen LogP contribution in [0.1, 0.15) is 19.8 Å². The molecule has 118 valence electrons. The topological polar surface area (TPSA) is 58.4 Å². The third kappa shape index (κ3) is 3.05. The van der Waals surface area contributed by atoms with Crippen molar-refractivity contribution in [2.24, 2.45) is 5.41 Å². The van der Waals surface area contributed by atoms with Gasteiger partial charge in [0.2, 0.25) is 0 Å². The number of hydrogen-bond acceptors (Lipinski definition) is 4. The minimum atomic E-state index is -0.00908. The Morgan fingerprint density at radius 2 is 2.14 bits per heavy atom. The van der Waals surface area contributed by atoms with Crippen molar-refractivity contribution in [3.8, 4) is 0 Å². The van der Waals surface area contributed by atoms with Crippen molar-refractivity contribution in [2.45, 2.75) is 26.3 Å². The molecule has 0 saturated carbocycles. The van der Waals surface area contributed by atoms with Crippen LogP contribution in [-0.4, -0.2) is 45.8 Å². The average molecular weight is 301 g/mol. The standard InChI is InChI=1S/C17H23N3O2/c1-17(12-21)7-4-8-19(11-17)9-10-20-13-18-15-6-3-2-5-14(15)16(20)22/h2-3,5-6,13,21H,4,7-12H2,1H3. The fourth-order valence-electron chi connectivity index (χ4n) is 3.26. The number of likely N-dealkylation sites (tertiary alicyclic amines) is 1. The first kappa shape index (κ1) is 15.2. The molecule has 5 heteroatoms. The lowest BCUT2D eigenvalue weighted by atomic mass is 9.83. The van der Waals surface area contributed by atoms with Crippen molar-refractivity contribution < 1.29 is 5.11 Å². The highest BCUT2D eigenvalue weighted by Crippen LogP contribution is 2.28. The number of hydrogen-bond donors (Lipinski definition) is 1. The molecule has 1 saturated heterocycles. The molecule has 2 heterocycles. The molecule has 1 unspecified atom stereocenters. The number of fused-ring (bicyclic) bond motifs is 1.